The molecule has 0 bridgehead atoms. The molecule has 0 heterocycles. The highest BCUT2D eigenvalue weighted by atomic mass is 16.3. The van der Waals surface area contributed by atoms with Crippen molar-refractivity contribution in [2.75, 3.05) is 11.9 Å². The second kappa shape index (κ2) is 10.3. The van der Waals surface area contributed by atoms with Gasteiger partial charge in [0.2, 0.25) is 5.91 Å². The van der Waals surface area contributed by atoms with E-state index in [0.29, 0.717) is 35.6 Å². The standard InChI is InChI=1S/C31H34N2O4/c1-20-7-13-25(33-30(37)31(15-16-31)24-12-14-27(34)28(35)17-24)18-26(20)22-8-10-23(11-9-22)29(36)32-19-21-5-3-2-4-6-21/h7-14,17-18,21,34-35H,2-6,15-16,19H2,1H3,(H,32,36)(H,33,37). The number of aromatic hydroxyl groups is 2. The van der Waals surface area contributed by atoms with Crippen LogP contribution in [0, 0.1) is 12.8 Å². The molecule has 2 amide bonds. The minimum absolute atomic E-state index is 0.0372. The van der Waals surface area contributed by atoms with Gasteiger partial charge in [0.15, 0.2) is 11.5 Å². The van der Waals surface area contributed by atoms with E-state index in [1.165, 1.54) is 44.2 Å². The van der Waals surface area contributed by atoms with Gasteiger partial charge in [-0.15, -0.1) is 0 Å². The summed E-state index contributed by atoms with van der Waals surface area (Å²) in [7, 11) is 0. The smallest absolute Gasteiger partial charge is 0.251 e. The molecule has 0 saturated heterocycles. The average molecular weight is 499 g/mol. The lowest BCUT2D eigenvalue weighted by atomic mass is 9.89. The molecule has 2 fully saturated rings. The largest absolute Gasteiger partial charge is 0.504 e. The van der Waals surface area contributed by atoms with E-state index in [-0.39, 0.29) is 23.3 Å². The third-order valence-corrected chi connectivity index (χ3v) is 7.94. The molecule has 6 nitrogen and oxygen atoms in total. The minimum Gasteiger partial charge on any atom is -0.504 e. The molecule has 5 rings (SSSR count). The topological polar surface area (TPSA) is 98.7 Å². The molecule has 2 aliphatic carbocycles. The first-order valence-corrected chi connectivity index (χ1v) is 13.2. The van der Waals surface area contributed by atoms with Gasteiger partial charge in [-0.25, -0.2) is 0 Å². The Balaban J connectivity index is 1.27. The summed E-state index contributed by atoms with van der Waals surface area (Å²) in [5.41, 5.74) is 4.37. The van der Waals surface area contributed by atoms with Gasteiger partial charge in [0.05, 0.1) is 5.41 Å². The SMILES string of the molecule is Cc1ccc(NC(=O)C2(c3ccc(O)c(O)c3)CC2)cc1-c1ccc(C(=O)NCC2CCCCC2)cc1. The van der Waals surface area contributed by atoms with Crippen molar-refractivity contribution in [2.45, 2.75) is 57.3 Å². The molecule has 37 heavy (non-hydrogen) atoms. The number of anilines is 1. The van der Waals surface area contributed by atoms with Crippen LogP contribution in [0.1, 0.15) is 66.4 Å². The van der Waals surface area contributed by atoms with E-state index in [1.54, 1.807) is 6.07 Å². The van der Waals surface area contributed by atoms with Crippen LogP contribution in [-0.4, -0.2) is 28.6 Å². The van der Waals surface area contributed by atoms with Gasteiger partial charge in [-0.2, -0.15) is 0 Å². The zero-order valence-electron chi connectivity index (χ0n) is 21.2. The zero-order valence-corrected chi connectivity index (χ0v) is 21.2. The molecule has 2 saturated carbocycles. The van der Waals surface area contributed by atoms with E-state index in [2.05, 4.69) is 10.6 Å². The van der Waals surface area contributed by atoms with Crippen LogP contribution in [0.3, 0.4) is 0 Å². The zero-order chi connectivity index (χ0) is 26.0. The maximum atomic E-state index is 13.2. The van der Waals surface area contributed by atoms with E-state index < -0.39 is 5.41 Å². The molecule has 0 unspecified atom stereocenters. The molecule has 0 aliphatic heterocycles. The number of aryl methyl sites for hydroxylation is 1. The van der Waals surface area contributed by atoms with Gasteiger partial charge < -0.3 is 20.8 Å². The van der Waals surface area contributed by atoms with E-state index in [1.807, 2.05) is 49.4 Å². The van der Waals surface area contributed by atoms with Crippen LogP contribution in [0.2, 0.25) is 0 Å². The van der Waals surface area contributed by atoms with E-state index >= 15 is 0 Å². The maximum absolute atomic E-state index is 13.2. The molecule has 0 spiro atoms. The van der Waals surface area contributed by atoms with Crippen LogP contribution < -0.4 is 10.6 Å². The fourth-order valence-electron chi connectivity index (χ4n) is 5.39. The lowest BCUT2D eigenvalue weighted by molar-refractivity contribution is -0.118. The van der Waals surface area contributed by atoms with Crippen LogP contribution in [0.25, 0.3) is 11.1 Å². The van der Waals surface area contributed by atoms with Crippen molar-refractivity contribution in [3.8, 4) is 22.6 Å². The Morgan fingerprint density at radius 2 is 1.62 bits per heavy atom. The molecule has 0 radical (unpaired) electrons. The Bertz CT molecular complexity index is 1310. The van der Waals surface area contributed by atoms with Crippen LogP contribution in [0.15, 0.2) is 60.7 Å². The fraction of sp³-hybridized carbons (Fsp3) is 0.355. The number of rotatable bonds is 7. The maximum Gasteiger partial charge on any atom is 0.251 e. The molecule has 6 heteroatoms. The summed E-state index contributed by atoms with van der Waals surface area (Å²) in [5.74, 6) is 0.00508. The lowest BCUT2D eigenvalue weighted by Crippen LogP contribution is -2.30. The molecule has 2 aliphatic rings. The van der Waals surface area contributed by atoms with Crippen LogP contribution in [0.4, 0.5) is 5.69 Å². The summed E-state index contributed by atoms with van der Waals surface area (Å²) >= 11 is 0. The Hall–Kier alpha value is -3.80. The van der Waals surface area contributed by atoms with Gasteiger partial charge in [-0.3, -0.25) is 9.59 Å². The minimum atomic E-state index is -0.692. The van der Waals surface area contributed by atoms with Gasteiger partial charge in [0.1, 0.15) is 0 Å². The Labute approximate surface area is 217 Å². The second-order valence-electron chi connectivity index (χ2n) is 10.6. The summed E-state index contributed by atoms with van der Waals surface area (Å²) in [6, 6.07) is 18.0. The first-order chi connectivity index (χ1) is 17.9. The van der Waals surface area contributed by atoms with Crippen molar-refractivity contribution in [1.29, 1.82) is 0 Å². The van der Waals surface area contributed by atoms with E-state index in [0.717, 1.165) is 23.2 Å². The Morgan fingerprint density at radius 1 is 0.892 bits per heavy atom. The lowest BCUT2D eigenvalue weighted by Gasteiger charge is -2.21. The molecule has 192 valence electrons. The quantitative estimate of drug-likeness (QED) is 0.298. The van der Waals surface area contributed by atoms with Gasteiger partial charge in [-0.05, 0) is 97.2 Å². The number of benzene rings is 3. The van der Waals surface area contributed by atoms with Crippen molar-refractivity contribution in [2.24, 2.45) is 5.92 Å². The van der Waals surface area contributed by atoms with E-state index in [4.69, 9.17) is 0 Å². The third kappa shape index (κ3) is 5.33. The highest BCUT2D eigenvalue weighted by Gasteiger charge is 2.51. The van der Waals surface area contributed by atoms with Crippen molar-refractivity contribution < 1.29 is 19.8 Å². The molecule has 3 aromatic rings. The first kappa shape index (κ1) is 24.9. The normalized spacial score (nSPS) is 16.7. The fourth-order valence-corrected chi connectivity index (χ4v) is 5.39. The molecule has 0 atom stereocenters. The highest BCUT2D eigenvalue weighted by molar-refractivity contribution is 6.02. The number of nitrogens with one attached hydrogen (secondary N) is 2. The molecule has 4 N–H and O–H groups in total. The van der Waals surface area contributed by atoms with Crippen molar-refractivity contribution in [1.82, 2.24) is 5.32 Å². The molecule has 3 aromatic carbocycles. The highest BCUT2D eigenvalue weighted by Crippen LogP contribution is 2.50. The van der Waals surface area contributed by atoms with Gasteiger partial charge in [0, 0.05) is 17.8 Å². The van der Waals surface area contributed by atoms with Crippen LogP contribution in [0.5, 0.6) is 11.5 Å². The molecule has 0 aromatic heterocycles. The summed E-state index contributed by atoms with van der Waals surface area (Å²) in [4.78, 5) is 25.9. The van der Waals surface area contributed by atoms with Crippen LogP contribution in [-0.2, 0) is 10.2 Å². The van der Waals surface area contributed by atoms with Crippen LogP contribution >= 0.6 is 0 Å². The number of carbonyl (C=O) groups is 2. The van der Waals surface area contributed by atoms with Gasteiger partial charge in [0.25, 0.3) is 5.91 Å². The summed E-state index contributed by atoms with van der Waals surface area (Å²) in [5, 5.41) is 25.7. The summed E-state index contributed by atoms with van der Waals surface area (Å²) < 4.78 is 0. The number of phenols is 2. The Morgan fingerprint density at radius 3 is 2.30 bits per heavy atom. The predicted molar refractivity (Wildman–Crippen MR) is 145 cm³/mol. The van der Waals surface area contributed by atoms with Crippen molar-refractivity contribution in [3.05, 3.63) is 77.4 Å². The third-order valence-electron chi connectivity index (χ3n) is 7.94. The number of amides is 2. The number of hydrogen-bond acceptors (Lipinski definition) is 4. The average Bonchev–Trinajstić information content (AvgIpc) is 3.73. The monoisotopic (exact) mass is 498 g/mol. The Kier molecular flexibility index (Phi) is 6.92. The first-order valence-electron chi connectivity index (χ1n) is 13.2. The second-order valence-corrected chi connectivity index (χ2v) is 10.6. The molecular formula is C31H34N2O4. The predicted octanol–water partition coefficient (Wildman–Crippen LogP) is 6.05. The van der Waals surface area contributed by atoms with Gasteiger partial charge >= 0.3 is 0 Å². The number of carbonyl (C=O) groups excluding carboxylic acids is 2. The summed E-state index contributed by atoms with van der Waals surface area (Å²) in [6.07, 6.45) is 7.59. The van der Waals surface area contributed by atoms with Gasteiger partial charge in [-0.1, -0.05) is 43.5 Å². The van der Waals surface area contributed by atoms with Crippen molar-refractivity contribution >= 4 is 17.5 Å². The summed E-state index contributed by atoms with van der Waals surface area (Å²) in [6.45, 7) is 2.76. The van der Waals surface area contributed by atoms with Crippen molar-refractivity contribution in [3.63, 3.8) is 0 Å². The number of hydrogen-bond donors (Lipinski definition) is 4. The molecular weight excluding hydrogens is 464 g/mol. The number of phenolic OH excluding ortho intramolecular Hbond substituents is 2. The van der Waals surface area contributed by atoms with E-state index in [9.17, 15) is 19.8 Å².